The van der Waals surface area contributed by atoms with E-state index in [-0.39, 0.29) is 17.8 Å². The smallest absolute Gasteiger partial charge is 0.407 e. The number of carbonyl (C=O) groups is 3. The number of carbonyl (C=O) groups excluding carboxylic acids is 3. The SMILES string of the molecule is CCn1c(-c2nc3cc(C(=O)N4CCC[C@@H](NC(=O)OC(C)(C)C)C4)cc(OC)c3n2C)cc2ccc(OC(C)=O)nc21. The van der Waals surface area contributed by atoms with E-state index >= 15 is 0 Å². The Morgan fingerprint density at radius 1 is 1.12 bits per heavy atom. The van der Waals surface area contributed by atoms with Crippen LogP contribution < -0.4 is 14.8 Å². The standard InChI is InChI=1S/C31H38N6O6/c1-8-37-23(15-19-11-12-25(34-27(19)37)42-18(2)38)28-33-22-14-20(16-24(41-7)26(22)35(28)6)29(39)36-13-9-10-21(17-36)32-30(40)43-31(3,4)5/h11-12,14-16,21H,8-10,13,17H2,1-7H3,(H,32,40)/t21-/m1/s1. The molecule has 1 aromatic carbocycles. The highest BCUT2D eigenvalue weighted by molar-refractivity contribution is 6.00. The molecule has 1 saturated heterocycles. The van der Waals surface area contributed by atoms with Crippen molar-refractivity contribution in [3.8, 4) is 23.1 Å². The van der Waals surface area contributed by atoms with Gasteiger partial charge in [-0.1, -0.05) is 0 Å². The number of likely N-dealkylation sites (tertiary alicyclic amines) is 1. The minimum Gasteiger partial charge on any atom is -0.494 e. The van der Waals surface area contributed by atoms with Gasteiger partial charge in [0, 0.05) is 56.7 Å². The summed E-state index contributed by atoms with van der Waals surface area (Å²) in [4.78, 5) is 48.8. The molecule has 1 fully saturated rings. The van der Waals surface area contributed by atoms with Crippen LogP contribution in [-0.4, -0.2) is 73.8 Å². The van der Waals surface area contributed by atoms with Gasteiger partial charge in [0.15, 0.2) is 5.82 Å². The van der Waals surface area contributed by atoms with Gasteiger partial charge in [0.2, 0.25) is 5.88 Å². The number of rotatable bonds is 6. The van der Waals surface area contributed by atoms with E-state index in [1.807, 2.05) is 56.0 Å². The quantitative estimate of drug-likeness (QED) is 0.321. The highest BCUT2D eigenvalue weighted by atomic mass is 16.6. The highest BCUT2D eigenvalue weighted by Gasteiger charge is 2.29. The van der Waals surface area contributed by atoms with Crippen LogP contribution in [0.15, 0.2) is 30.3 Å². The number of pyridine rings is 1. The molecule has 2 amide bonds. The fraction of sp³-hybridized carbons (Fsp3) is 0.452. The van der Waals surface area contributed by atoms with Gasteiger partial charge in [0.1, 0.15) is 22.5 Å². The molecule has 12 heteroatoms. The summed E-state index contributed by atoms with van der Waals surface area (Å²) in [6, 6.07) is 8.84. The topological polar surface area (TPSA) is 130 Å². The van der Waals surface area contributed by atoms with Crippen LogP contribution in [0.1, 0.15) is 57.8 Å². The Morgan fingerprint density at radius 3 is 2.56 bits per heavy atom. The minimum absolute atomic E-state index is 0.159. The van der Waals surface area contributed by atoms with E-state index < -0.39 is 17.7 Å². The maximum absolute atomic E-state index is 13.7. The second-order valence-corrected chi connectivity index (χ2v) is 11.7. The van der Waals surface area contributed by atoms with E-state index in [1.165, 1.54) is 6.92 Å². The van der Waals surface area contributed by atoms with Crippen molar-refractivity contribution < 1.29 is 28.6 Å². The van der Waals surface area contributed by atoms with Crippen molar-refractivity contribution in [1.82, 2.24) is 29.3 Å². The van der Waals surface area contributed by atoms with Crippen LogP contribution in [0.2, 0.25) is 0 Å². The number of aryl methyl sites for hydroxylation is 2. The van der Waals surface area contributed by atoms with E-state index in [2.05, 4.69) is 10.3 Å². The molecule has 0 radical (unpaired) electrons. The molecule has 4 heterocycles. The predicted molar refractivity (Wildman–Crippen MR) is 161 cm³/mol. The number of piperidine rings is 1. The van der Waals surface area contributed by atoms with Crippen molar-refractivity contribution in [3.05, 3.63) is 35.9 Å². The lowest BCUT2D eigenvalue weighted by Gasteiger charge is -2.33. The molecular weight excluding hydrogens is 552 g/mol. The van der Waals surface area contributed by atoms with Crippen molar-refractivity contribution in [1.29, 1.82) is 0 Å². The van der Waals surface area contributed by atoms with Gasteiger partial charge < -0.3 is 33.6 Å². The highest BCUT2D eigenvalue weighted by Crippen LogP contribution is 2.34. The number of fused-ring (bicyclic) bond motifs is 2. The van der Waals surface area contributed by atoms with Gasteiger partial charge in [-0.25, -0.2) is 9.78 Å². The first-order chi connectivity index (χ1) is 20.4. The monoisotopic (exact) mass is 590 g/mol. The van der Waals surface area contributed by atoms with Crippen LogP contribution in [0.3, 0.4) is 0 Å². The molecule has 4 aromatic rings. The number of amides is 2. The van der Waals surface area contributed by atoms with Crippen molar-refractivity contribution in [2.45, 2.75) is 65.6 Å². The average molecular weight is 591 g/mol. The maximum atomic E-state index is 13.7. The molecule has 1 aliphatic rings. The Kier molecular flexibility index (Phi) is 8.04. The number of alkyl carbamates (subject to hydrolysis) is 1. The van der Waals surface area contributed by atoms with E-state index in [0.717, 1.165) is 29.4 Å². The van der Waals surface area contributed by atoms with Crippen molar-refractivity contribution in [2.75, 3.05) is 20.2 Å². The van der Waals surface area contributed by atoms with Gasteiger partial charge in [-0.2, -0.15) is 4.98 Å². The molecule has 228 valence electrons. The maximum Gasteiger partial charge on any atom is 0.407 e. The zero-order chi connectivity index (χ0) is 31.1. The van der Waals surface area contributed by atoms with Crippen LogP contribution in [0.4, 0.5) is 4.79 Å². The molecule has 1 atom stereocenters. The molecule has 43 heavy (non-hydrogen) atoms. The molecule has 1 aliphatic heterocycles. The Balaban J connectivity index is 1.47. The van der Waals surface area contributed by atoms with Gasteiger partial charge in [-0.15, -0.1) is 0 Å². The number of hydrogen-bond donors (Lipinski definition) is 1. The van der Waals surface area contributed by atoms with Crippen LogP contribution in [-0.2, 0) is 23.1 Å². The first kappa shape index (κ1) is 29.9. The molecule has 0 spiro atoms. The number of esters is 1. The molecular formula is C31H38N6O6. The number of nitrogens with one attached hydrogen (secondary N) is 1. The third kappa shape index (κ3) is 6.13. The number of imidazole rings is 1. The Labute approximate surface area is 249 Å². The second-order valence-electron chi connectivity index (χ2n) is 11.7. The molecule has 0 aliphatic carbocycles. The zero-order valence-corrected chi connectivity index (χ0v) is 25.7. The van der Waals surface area contributed by atoms with Crippen LogP contribution >= 0.6 is 0 Å². The normalized spacial score (nSPS) is 15.5. The van der Waals surface area contributed by atoms with Crippen molar-refractivity contribution >= 4 is 40.0 Å². The van der Waals surface area contributed by atoms with Crippen molar-refractivity contribution in [2.24, 2.45) is 7.05 Å². The van der Waals surface area contributed by atoms with Gasteiger partial charge in [-0.3, -0.25) is 9.59 Å². The zero-order valence-electron chi connectivity index (χ0n) is 25.7. The number of nitrogens with zero attached hydrogens (tertiary/aromatic N) is 5. The largest absolute Gasteiger partial charge is 0.494 e. The Hall–Kier alpha value is -4.61. The molecule has 3 aromatic heterocycles. The number of benzene rings is 1. The summed E-state index contributed by atoms with van der Waals surface area (Å²) in [5.74, 6) is 0.834. The summed E-state index contributed by atoms with van der Waals surface area (Å²) in [5, 5.41) is 3.78. The van der Waals surface area contributed by atoms with Crippen LogP contribution in [0.5, 0.6) is 11.6 Å². The van der Waals surface area contributed by atoms with E-state index in [4.69, 9.17) is 19.2 Å². The lowest BCUT2D eigenvalue weighted by atomic mass is 10.0. The van der Waals surface area contributed by atoms with Gasteiger partial charge in [0.05, 0.1) is 18.3 Å². The number of hydrogen-bond acceptors (Lipinski definition) is 8. The molecule has 1 N–H and O–H groups in total. The summed E-state index contributed by atoms with van der Waals surface area (Å²) < 4.78 is 20.3. The van der Waals surface area contributed by atoms with Gasteiger partial charge in [0.25, 0.3) is 5.91 Å². The van der Waals surface area contributed by atoms with E-state index in [1.54, 1.807) is 30.2 Å². The third-order valence-corrected chi connectivity index (χ3v) is 7.34. The average Bonchev–Trinajstić information content (AvgIpc) is 3.47. The fourth-order valence-electron chi connectivity index (χ4n) is 5.57. The van der Waals surface area contributed by atoms with Gasteiger partial charge in [-0.05, 0) is 64.8 Å². The number of ether oxygens (including phenoxy) is 3. The fourth-order valence-corrected chi connectivity index (χ4v) is 5.57. The summed E-state index contributed by atoms with van der Waals surface area (Å²) in [6.07, 6.45) is 1.03. The minimum atomic E-state index is -0.601. The summed E-state index contributed by atoms with van der Waals surface area (Å²) >= 11 is 0. The molecule has 0 saturated carbocycles. The Bertz CT molecular complexity index is 1720. The molecule has 12 nitrogen and oxygen atoms in total. The van der Waals surface area contributed by atoms with Crippen LogP contribution in [0.25, 0.3) is 33.6 Å². The molecule has 0 unspecified atom stereocenters. The predicted octanol–water partition coefficient (Wildman–Crippen LogP) is 4.67. The van der Waals surface area contributed by atoms with E-state index in [0.29, 0.717) is 47.9 Å². The third-order valence-electron chi connectivity index (χ3n) is 7.34. The van der Waals surface area contributed by atoms with Gasteiger partial charge >= 0.3 is 12.1 Å². The summed E-state index contributed by atoms with van der Waals surface area (Å²) in [7, 11) is 3.47. The lowest BCUT2D eigenvalue weighted by molar-refractivity contribution is -0.132. The Morgan fingerprint density at radius 2 is 1.88 bits per heavy atom. The second kappa shape index (κ2) is 11.6. The molecule has 5 rings (SSSR count). The number of aromatic nitrogens is 4. The lowest BCUT2D eigenvalue weighted by Crippen LogP contribution is -2.50. The first-order valence-electron chi connectivity index (χ1n) is 14.4. The molecule has 0 bridgehead atoms. The van der Waals surface area contributed by atoms with Crippen molar-refractivity contribution in [3.63, 3.8) is 0 Å². The van der Waals surface area contributed by atoms with E-state index in [9.17, 15) is 14.4 Å². The summed E-state index contributed by atoms with van der Waals surface area (Å²) in [5.41, 5.74) is 2.71. The summed E-state index contributed by atoms with van der Waals surface area (Å²) in [6.45, 7) is 10.4. The first-order valence-corrected chi connectivity index (χ1v) is 14.4. The number of methoxy groups -OCH3 is 1. The van der Waals surface area contributed by atoms with Crippen LogP contribution in [0, 0.1) is 0 Å².